The van der Waals surface area contributed by atoms with E-state index in [0.717, 1.165) is 31.4 Å². The van der Waals surface area contributed by atoms with E-state index in [1.807, 2.05) is 6.92 Å². The maximum Gasteiger partial charge on any atom is 0.408 e. The van der Waals surface area contributed by atoms with Gasteiger partial charge in [0.15, 0.2) is 6.10 Å². The van der Waals surface area contributed by atoms with Crippen molar-refractivity contribution in [3.8, 4) is 0 Å². The first-order valence-corrected chi connectivity index (χ1v) is 13.9. The number of ether oxygens (including phenoxy) is 2. The third-order valence-corrected chi connectivity index (χ3v) is 7.09. The molecule has 228 valence electrons. The van der Waals surface area contributed by atoms with E-state index in [-0.39, 0.29) is 29.3 Å². The van der Waals surface area contributed by atoms with Crippen molar-refractivity contribution < 1.29 is 41.8 Å². The lowest BCUT2D eigenvalue weighted by atomic mass is 9.97. The van der Waals surface area contributed by atoms with E-state index in [4.69, 9.17) is 21.1 Å². The summed E-state index contributed by atoms with van der Waals surface area (Å²) >= 11 is 5.91. The van der Waals surface area contributed by atoms with Gasteiger partial charge in [0.1, 0.15) is 17.9 Å². The number of alkyl carbamates (subject to hydrolysis) is 1. The maximum atomic E-state index is 15.8. The number of halogens is 4. The van der Waals surface area contributed by atoms with Crippen molar-refractivity contribution in [1.29, 1.82) is 0 Å². The zero-order chi connectivity index (χ0) is 30.9. The summed E-state index contributed by atoms with van der Waals surface area (Å²) in [7, 11) is 1.13. The minimum atomic E-state index is -3.85. The number of carbonyl (C=O) groups excluding carboxylic acids is 4. The fraction of sp³-hybridized carbons (Fsp3) is 0.448. The van der Waals surface area contributed by atoms with Crippen LogP contribution in [0.5, 0.6) is 0 Å². The van der Waals surface area contributed by atoms with Gasteiger partial charge in [0.05, 0.1) is 7.11 Å². The van der Waals surface area contributed by atoms with E-state index in [1.54, 1.807) is 0 Å². The van der Waals surface area contributed by atoms with E-state index in [9.17, 15) is 23.6 Å². The first-order chi connectivity index (χ1) is 20.0. The van der Waals surface area contributed by atoms with E-state index in [0.29, 0.717) is 25.8 Å². The molecule has 1 unspecified atom stereocenters. The number of carbonyl (C=O) groups is 4. The molecule has 9 nitrogen and oxygen atoms in total. The summed E-state index contributed by atoms with van der Waals surface area (Å²) < 4.78 is 55.5. The minimum absolute atomic E-state index is 0.0150. The first-order valence-electron chi connectivity index (χ1n) is 13.5. The fourth-order valence-corrected chi connectivity index (χ4v) is 4.80. The molecule has 1 heterocycles. The van der Waals surface area contributed by atoms with Gasteiger partial charge in [-0.1, -0.05) is 55.6 Å². The third-order valence-electron chi connectivity index (χ3n) is 6.86. The molecule has 42 heavy (non-hydrogen) atoms. The van der Waals surface area contributed by atoms with E-state index < -0.39 is 59.4 Å². The number of hydrogen-bond acceptors (Lipinski definition) is 6. The SMILES string of the molecule is CCCC[C@H](NC(=O)OC(c1cccc(F)c1)C(F)(F)c1cccc(Cl)c1)C(=O)N[C@@H](C[C@@H]1CCNC1=O)C(=O)OC. The topological polar surface area (TPSA) is 123 Å². The number of alkyl halides is 2. The van der Waals surface area contributed by atoms with Crippen LogP contribution in [0.3, 0.4) is 0 Å². The van der Waals surface area contributed by atoms with Crippen LogP contribution in [0, 0.1) is 11.7 Å². The lowest BCUT2D eigenvalue weighted by Gasteiger charge is -2.29. The highest BCUT2D eigenvalue weighted by atomic mass is 35.5. The highest BCUT2D eigenvalue weighted by Crippen LogP contribution is 2.43. The Balaban J connectivity index is 1.82. The predicted octanol–water partition coefficient (Wildman–Crippen LogP) is 4.78. The summed E-state index contributed by atoms with van der Waals surface area (Å²) in [5.41, 5.74) is -0.903. The van der Waals surface area contributed by atoms with Crippen LogP contribution in [-0.2, 0) is 29.8 Å². The molecule has 1 aliphatic rings. The predicted molar refractivity (Wildman–Crippen MR) is 147 cm³/mol. The molecule has 0 bridgehead atoms. The molecule has 2 aromatic carbocycles. The van der Waals surface area contributed by atoms with Crippen LogP contribution in [0.25, 0.3) is 0 Å². The molecule has 0 aliphatic carbocycles. The van der Waals surface area contributed by atoms with Crippen LogP contribution in [0.1, 0.15) is 56.3 Å². The van der Waals surface area contributed by atoms with Gasteiger partial charge in [-0.2, -0.15) is 8.78 Å². The summed E-state index contributed by atoms with van der Waals surface area (Å²) in [6.07, 6.45) is -2.04. The molecule has 0 radical (unpaired) electrons. The number of esters is 1. The monoisotopic (exact) mass is 611 g/mol. The van der Waals surface area contributed by atoms with Crippen molar-refractivity contribution in [2.45, 2.75) is 63.1 Å². The molecule has 3 amide bonds. The smallest absolute Gasteiger partial charge is 0.408 e. The van der Waals surface area contributed by atoms with Crippen LogP contribution in [0.4, 0.5) is 18.0 Å². The van der Waals surface area contributed by atoms with E-state index >= 15 is 8.78 Å². The number of amides is 3. The van der Waals surface area contributed by atoms with Gasteiger partial charge in [-0.3, -0.25) is 9.59 Å². The van der Waals surface area contributed by atoms with Gasteiger partial charge < -0.3 is 25.4 Å². The Morgan fingerprint density at radius 1 is 1.12 bits per heavy atom. The minimum Gasteiger partial charge on any atom is -0.467 e. The van der Waals surface area contributed by atoms with Crippen molar-refractivity contribution >= 4 is 35.5 Å². The van der Waals surface area contributed by atoms with Crippen molar-refractivity contribution in [1.82, 2.24) is 16.0 Å². The van der Waals surface area contributed by atoms with Crippen LogP contribution in [0.15, 0.2) is 48.5 Å². The second-order valence-corrected chi connectivity index (χ2v) is 10.3. The Morgan fingerprint density at radius 2 is 1.86 bits per heavy atom. The molecule has 4 atom stereocenters. The Labute approximate surface area is 246 Å². The molecule has 13 heteroatoms. The summed E-state index contributed by atoms with van der Waals surface area (Å²) in [6, 6.07) is 6.56. The first kappa shape index (κ1) is 32.7. The molecule has 0 saturated carbocycles. The fourth-order valence-electron chi connectivity index (χ4n) is 4.61. The molecule has 3 N–H and O–H groups in total. The van der Waals surface area contributed by atoms with Gasteiger partial charge in [0.25, 0.3) is 0 Å². The summed E-state index contributed by atoms with van der Waals surface area (Å²) in [5.74, 6) is -7.04. The molecular weight excluding hydrogens is 579 g/mol. The molecule has 1 aliphatic heterocycles. The summed E-state index contributed by atoms with van der Waals surface area (Å²) in [6.45, 7) is 2.28. The van der Waals surface area contributed by atoms with Gasteiger partial charge in [-0.15, -0.1) is 0 Å². The van der Waals surface area contributed by atoms with E-state index in [2.05, 4.69) is 16.0 Å². The Morgan fingerprint density at radius 3 is 2.48 bits per heavy atom. The summed E-state index contributed by atoms with van der Waals surface area (Å²) in [4.78, 5) is 50.7. The van der Waals surface area contributed by atoms with Crippen molar-refractivity contribution in [3.05, 3.63) is 70.5 Å². The Kier molecular flexibility index (Phi) is 11.6. The molecular formula is C29H33ClF3N3O6. The number of nitrogens with one attached hydrogen (secondary N) is 3. The molecule has 2 aromatic rings. The lowest BCUT2D eigenvalue weighted by molar-refractivity contribution is -0.146. The molecule has 1 saturated heterocycles. The zero-order valence-corrected chi connectivity index (χ0v) is 23.9. The maximum absolute atomic E-state index is 15.8. The highest BCUT2D eigenvalue weighted by Gasteiger charge is 2.46. The number of rotatable bonds is 13. The zero-order valence-electron chi connectivity index (χ0n) is 23.1. The molecule has 1 fully saturated rings. The second kappa shape index (κ2) is 14.9. The number of benzene rings is 2. The van der Waals surface area contributed by atoms with Gasteiger partial charge >= 0.3 is 18.0 Å². The van der Waals surface area contributed by atoms with Crippen LogP contribution in [0.2, 0.25) is 5.02 Å². The van der Waals surface area contributed by atoms with Crippen molar-refractivity contribution in [3.63, 3.8) is 0 Å². The normalized spacial score (nSPS) is 17.0. The van der Waals surface area contributed by atoms with Gasteiger partial charge in [-0.05, 0) is 43.5 Å². The standard InChI is InChI=1S/C29H33ClF3N3O6/c1-3-4-11-22(26(38)35-23(27(39)41-2)15-18-12-13-34-25(18)37)36-28(40)42-24(17-7-5-10-21(31)14-17)29(32,33)19-8-6-9-20(30)16-19/h5-10,14,16,18,22-24H,3-4,11-13,15H2,1-2H3,(H,34,37)(H,35,38)(H,36,40)/t18-,22-,23-,24?/m0/s1. The Hall–Kier alpha value is -3.80. The number of unbranched alkanes of at least 4 members (excludes halogenated alkanes) is 1. The Bertz CT molecular complexity index is 1280. The van der Waals surface area contributed by atoms with Gasteiger partial charge in [-0.25, -0.2) is 14.0 Å². The number of hydrogen-bond donors (Lipinski definition) is 3. The number of methoxy groups -OCH3 is 1. The van der Waals surface area contributed by atoms with Gasteiger partial charge in [0.2, 0.25) is 11.8 Å². The second-order valence-electron chi connectivity index (χ2n) is 9.91. The molecule has 0 aromatic heterocycles. The molecule has 0 spiro atoms. The third kappa shape index (κ3) is 8.60. The van der Waals surface area contributed by atoms with Crippen molar-refractivity contribution in [2.75, 3.05) is 13.7 Å². The van der Waals surface area contributed by atoms with Crippen LogP contribution < -0.4 is 16.0 Å². The average Bonchev–Trinajstić information content (AvgIpc) is 3.36. The summed E-state index contributed by atoms with van der Waals surface area (Å²) in [5, 5.41) is 7.49. The molecule has 3 rings (SSSR count). The van der Waals surface area contributed by atoms with E-state index in [1.165, 1.54) is 24.3 Å². The van der Waals surface area contributed by atoms with Crippen molar-refractivity contribution in [2.24, 2.45) is 5.92 Å². The van der Waals surface area contributed by atoms with Crippen LogP contribution >= 0.6 is 11.6 Å². The van der Waals surface area contributed by atoms with Gasteiger partial charge in [0, 0.05) is 28.6 Å². The quantitative estimate of drug-likeness (QED) is 0.280. The van der Waals surface area contributed by atoms with Crippen LogP contribution in [-0.4, -0.2) is 49.6 Å². The largest absolute Gasteiger partial charge is 0.467 e. The highest BCUT2D eigenvalue weighted by molar-refractivity contribution is 6.30. The average molecular weight is 612 g/mol. The lowest BCUT2D eigenvalue weighted by Crippen LogP contribution is -2.52.